The van der Waals surface area contributed by atoms with Gasteiger partial charge in [-0.25, -0.2) is 0 Å². The monoisotopic (exact) mass is 360 g/mol. The number of ether oxygens (including phenoxy) is 1. The fourth-order valence-corrected chi connectivity index (χ4v) is 3.14. The maximum atomic E-state index is 12.7. The second kappa shape index (κ2) is 8.99. The number of nitrogens with two attached hydrogens (primary N) is 1. The highest BCUT2D eigenvalue weighted by atomic mass is 35.5. The Morgan fingerprint density at radius 3 is 2.36 bits per heavy atom. The van der Waals surface area contributed by atoms with E-state index in [0.717, 1.165) is 11.1 Å². The molecule has 1 aliphatic heterocycles. The molecule has 0 spiro atoms. The molecule has 3 rings (SSSR count). The molecule has 1 aliphatic rings. The van der Waals surface area contributed by atoms with Crippen molar-refractivity contribution in [1.29, 1.82) is 0 Å². The van der Waals surface area contributed by atoms with Crippen molar-refractivity contribution in [2.45, 2.75) is 31.6 Å². The zero-order valence-corrected chi connectivity index (χ0v) is 15.2. The van der Waals surface area contributed by atoms with Crippen LogP contribution in [0, 0.1) is 0 Å². The van der Waals surface area contributed by atoms with Gasteiger partial charge in [0.1, 0.15) is 6.10 Å². The summed E-state index contributed by atoms with van der Waals surface area (Å²) >= 11 is 0. The van der Waals surface area contributed by atoms with E-state index >= 15 is 0 Å². The number of rotatable bonds is 4. The largest absolute Gasteiger partial charge is 0.367 e. The molecule has 0 bridgehead atoms. The smallest absolute Gasteiger partial charge is 0.224 e. The van der Waals surface area contributed by atoms with Crippen molar-refractivity contribution in [3.8, 4) is 0 Å². The third kappa shape index (κ3) is 5.05. The summed E-state index contributed by atoms with van der Waals surface area (Å²) in [5.74, 6) is 0.0856. The average molecular weight is 361 g/mol. The summed E-state index contributed by atoms with van der Waals surface area (Å²) in [5.41, 5.74) is 8.30. The van der Waals surface area contributed by atoms with Crippen molar-refractivity contribution in [1.82, 2.24) is 4.90 Å². The fraction of sp³-hybridized carbons (Fsp3) is 0.350. The van der Waals surface area contributed by atoms with Crippen molar-refractivity contribution < 1.29 is 9.53 Å². The Morgan fingerprint density at radius 1 is 1.12 bits per heavy atom. The molecule has 134 valence electrons. The van der Waals surface area contributed by atoms with Crippen molar-refractivity contribution in [2.75, 3.05) is 13.1 Å². The highest BCUT2D eigenvalue weighted by Gasteiger charge is 2.29. The van der Waals surface area contributed by atoms with E-state index in [4.69, 9.17) is 10.5 Å². The second-order valence-corrected chi connectivity index (χ2v) is 6.37. The molecular weight excluding hydrogens is 336 g/mol. The van der Waals surface area contributed by atoms with Crippen LogP contribution in [0.15, 0.2) is 60.7 Å². The van der Waals surface area contributed by atoms with Crippen LogP contribution >= 0.6 is 12.4 Å². The minimum atomic E-state index is -0.271. The highest BCUT2D eigenvalue weighted by Crippen LogP contribution is 2.26. The van der Waals surface area contributed by atoms with E-state index in [1.165, 1.54) is 0 Å². The number of hydrogen-bond donors (Lipinski definition) is 1. The molecular formula is C20H25ClN2O2. The Balaban J connectivity index is 0.00000225. The number of carbonyl (C=O) groups excluding carboxylic acids is 1. The van der Waals surface area contributed by atoms with E-state index in [1.807, 2.05) is 72.5 Å². The van der Waals surface area contributed by atoms with Gasteiger partial charge in [-0.1, -0.05) is 60.7 Å². The molecule has 2 aromatic carbocycles. The van der Waals surface area contributed by atoms with Gasteiger partial charge in [-0.3, -0.25) is 4.79 Å². The summed E-state index contributed by atoms with van der Waals surface area (Å²) in [4.78, 5) is 14.6. The number of benzene rings is 2. The Kier molecular flexibility index (Phi) is 7.00. The molecule has 1 fully saturated rings. The van der Waals surface area contributed by atoms with Gasteiger partial charge in [-0.05, 0) is 18.1 Å². The zero-order valence-electron chi connectivity index (χ0n) is 14.4. The molecule has 1 amide bonds. The predicted molar refractivity (Wildman–Crippen MR) is 102 cm³/mol. The summed E-state index contributed by atoms with van der Waals surface area (Å²) in [6.07, 6.45) is 0.255. The molecule has 1 heterocycles. The summed E-state index contributed by atoms with van der Waals surface area (Å²) in [5, 5.41) is 0. The summed E-state index contributed by atoms with van der Waals surface area (Å²) in [6, 6.07) is 19.6. The Bertz CT molecular complexity index is 666. The maximum Gasteiger partial charge on any atom is 0.224 e. The molecule has 0 aliphatic carbocycles. The number of nitrogens with zero attached hydrogens (tertiary/aromatic N) is 1. The molecule has 4 nitrogen and oxygen atoms in total. The van der Waals surface area contributed by atoms with E-state index in [2.05, 4.69) is 0 Å². The van der Waals surface area contributed by atoms with E-state index in [-0.39, 0.29) is 36.6 Å². The summed E-state index contributed by atoms with van der Waals surface area (Å²) in [7, 11) is 0. The molecule has 25 heavy (non-hydrogen) atoms. The first-order valence-corrected chi connectivity index (χ1v) is 8.42. The minimum Gasteiger partial charge on any atom is -0.367 e. The molecule has 3 atom stereocenters. The standard InChI is InChI=1S/C20H24N2O2.ClH/c1-15-13-22(14-19(24-15)17-10-6-3-7-11-17)20(23)12-18(21)16-8-4-2-5-9-16;/h2-11,15,18-19H,12-14,21H2,1H3;1H. The van der Waals surface area contributed by atoms with E-state index in [0.29, 0.717) is 19.5 Å². The lowest BCUT2D eigenvalue weighted by Gasteiger charge is -2.37. The van der Waals surface area contributed by atoms with Gasteiger partial charge >= 0.3 is 0 Å². The van der Waals surface area contributed by atoms with Gasteiger partial charge in [0, 0.05) is 19.0 Å². The van der Waals surface area contributed by atoms with Crippen LogP contribution < -0.4 is 5.73 Å². The van der Waals surface area contributed by atoms with E-state index in [9.17, 15) is 4.79 Å². The second-order valence-electron chi connectivity index (χ2n) is 6.37. The van der Waals surface area contributed by atoms with Gasteiger partial charge in [0.2, 0.25) is 5.91 Å². The Hall–Kier alpha value is -1.88. The Morgan fingerprint density at radius 2 is 1.72 bits per heavy atom. The van der Waals surface area contributed by atoms with Crippen molar-refractivity contribution >= 4 is 18.3 Å². The number of halogens is 1. The van der Waals surface area contributed by atoms with Crippen LogP contribution in [0.25, 0.3) is 0 Å². The van der Waals surface area contributed by atoms with Gasteiger partial charge in [-0.2, -0.15) is 0 Å². The average Bonchev–Trinajstić information content (AvgIpc) is 2.62. The van der Waals surface area contributed by atoms with Crippen LogP contribution in [0.3, 0.4) is 0 Å². The lowest BCUT2D eigenvalue weighted by molar-refractivity contribution is -0.145. The van der Waals surface area contributed by atoms with E-state index in [1.54, 1.807) is 0 Å². The van der Waals surface area contributed by atoms with Crippen LogP contribution in [-0.2, 0) is 9.53 Å². The highest BCUT2D eigenvalue weighted by molar-refractivity contribution is 5.85. The fourth-order valence-electron chi connectivity index (χ4n) is 3.14. The molecule has 0 saturated carbocycles. The zero-order chi connectivity index (χ0) is 16.9. The number of hydrogen-bond acceptors (Lipinski definition) is 3. The Labute approximate surface area is 155 Å². The lowest BCUT2D eigenvalue weighted by Crippen LogP contribution is -2.46. The van der Waals surface area contributed by atoms with Crippen molar-refractivity contribution in [3.05, 3.63) is 71.8 Å². The van der Waals surface area contributed by atoms with Gasteiger partial charge in [0.05, 0.1) is 12.6 Å². The molecule has 2 N–H and O–H groups in total. The first kappa shape index (κ1) is 19.4. The quantitative estimate of drug-likeness (QED) is 0.908. The third-order valence-corrected chi connectivity index (χ3v) is 4.41. The van der Waals surface area contributed by atoms with E-state index < -0.39 is 0 Å². The number of morpholine rings is 1. The number of carbonyl (C=O) groups is 1. The normalized spacial score (nSPS) is 21.3. The van der Waals surface area contributed by atoms with Crippen LogP contribution in [0.1, 0.15) is 36.6 Å². The van der Waals surface area contributed by atoms with Crippen LogP contribution in [0.4, 0.5) is 0 Å². The lowest BCUT2D eigenvalue weighted by atomic mass is 10.0. The van der Waals surface area contributed by atoms with Crippen molar-refractivity contribution in [3.63, 3.8) is 0 Å². The van der Waals surface area contributed by atoms with Crippen molar-refractivity contribution in [2.24, 2.45) is 5.73 Å². The summed E-state index contributed by atoms with van der Waals surface area (Å²) < 4.78 is 6.02. The molecule has 3 unspecified atom stereocenters. The minimum absolute atomic E-state index is 0. The van der Waals surface area contributed by atoms with Gasteiger partial charge in [0.15, 0.2) is 0 Å². The third-order valence-electron chi connectivity index (χ3n) is 4.41. The van der Waals surface area contributed by atoms with Gasteiger partial charge < -0.3 is 15.4 Å². The first-order chi connectivity index (χ1) is 11.6. The van der Waals surface area contributed by atoms with Gasteiger partial charge in [0.25, 0.3) is 0 Å². The molecule has 2 aromatic rings. The molecule has 5 heteroatoms. The predicted octanol–water partition coefficient (Wildman–Crippen LogP) is 3.49. The molecule has 1 saturated heterocycles. The summed E-state index contributed by atoms with van der Waals surface area (Å²) in [6.45, 7) is 3.20. The van der Waals surface area contributed by atoms with Crippen LogP contribution in [-0.4, -0.2) is 30.0 Å². The SMILES string of the molecule is CC1CN(C(=O)CC(N)c2ccccc2)CC(c2ccccc2)O1.Cl. The molecule has 0 aromatic heterocycles. The van der Waals surface area contributed by atoms with Gasteiger partial charge in [-0.15, -0.1) is 12.4 Å². The van der Waals surface area contributed by atoms with Crippen LogP contribution in [0.5, 0.6) is 0 Å². The first-order valence-electron chi connectivity index (χ1n) is 8.42. The van der Waals surface area contributed by atoms with Crippen LogP contribution in [0.2, 0.25) is 0 Å². The molecule has 0 radical (unpaired) electrons. The topological polar surface area (TPSA) is 55.6 Å². The maximum absolute atomic E-state index is 12.7. The number of amides is 1.